The molecular weight excluding hydrogens is 262 g/mol. The Hall–Kier alpha value is -0.570. The van der Waals surface area contributed by atoms with Crippen molar-refractivity contribution in [1.82, 2.24) is 5.32 Å². The molecule has 5 aliphatic rings. The van der Waals surface area contributed by atoms with Gasteiger partial charge in [0.25, 0.3) is 0 Å². The molecule has 0 aromatic heterocycles. The highest BCUT2D eigenvalue weighted by Gasteiger charge is 2.50. The molecule has 2 atom stereocenters. The van der Waals surface area contributed by atoms with Crippen molar-refractivity contribution in [3.8, 4) is 0 Å². The van der Waals surface area contributed by atoms with Gasteiger partial charge in [-0.1, -0.05) is 6.42 Å². The highest BCUT2D eigenvalue weighted by molar-refractivity contribution is 5.79. The smallest absolute Gasteiger partial charge is 0.223 e. The predicted molar refractivity (Wildman–Crippen MR) is 81.5 cm³/mol. The van der Waals surface area contributed by atoms with Crippen LogP contribution in [0.3, 0.4) is 0 Å². The van der Waals surface area contributed by atoms with Crippen LogP contribution < -0.4 is 5.32 Å². The van der Waals surface area contributed by atoms with E-state index in [9.17, 15) is 9.90 Å². The number of carbonyl (C=O) groups excluding carboxylic acids is 1. The molecular formula is C18H29NO2. The summed E-state index contributed by atoms with van der Waals surface area (Å²) in [7, 11) is 0. The van der Waals surface area contributed by atoms with Crippen molar-refractivity contribution in [2.24, 2.45) is 41.4 Å². The van der Waals surface area contributed by atoms with E-state index in [1.54, 1.807) is 0 Å². The first-order chi connectivity index (χ1) is 10.2. The standard InChI is InChI=1S/C18H29NO2/c20-10-14-3-1-2-13(14)9-19-18(21)17-15-5-11-4-12(7-15)8-16(17)6-11/h11-17,20H,1-10H2,(H,19,21). The second-order valence-electron chi connectivity index (χ2n) is 8.34. The lowest BCUT2D eigenvalue weighted by molar-refractivity contribution is -0.138. The quantitative estimate of drug-likeness (QED) is 0.836. The van der Waals surface area contributed by atoms with E-state index in [0.29, 0.717) is 42.1 Å². The molecule has 0 aromatic rings. The van der Waals surface area contributed by atoms with Gasteiger partial charge in [-0.3, -0.25) is 4.79 Å². The third kappa shape index (κ3) is 2.52. The molecule has 0 radical (unpaired) electrons. The fourth-order valence-corrected chi connectivity index (χ4v) is 6.33. The van der Waals surface area contributed by atoms with Crippen LogP contribution in [0.15, 0.2) is 0 Å². The monoisotopic (exact) mass is 291 g/mol. The Morgan fingerprint density at radius 2 is 1.57 bits per heavy atom. The number of hydrogen-bond acceptors (Lipinski definition) is 2. The lowest BCUT2D eigenvalue weighted by Crippen LogP contribution is -2.51. The first kappa shape index (κ1) is 14.0. The van der Waals surface area contributed by atoms with E-state index < -0.39 is 0 Å². The van der Waals surface area contributed by atoms with Gasteiger partial charge in [-0.05, 0) is 80.5 Å². The number of amides is 1. The largest absolute Gasteiger partial charge is 0.396 e. The first-order valence-electron chi connectivity index (χ1n) is 9.13. The van der Waals surface area contributed by atoms with Gasteiger partial charge in [0.1, 0.15) is 0 Å². The van der Waals surface area contributed by atoms with Gasteiger partial charge in [-0.25, -0.2) is 0 Å². The first-order valence-corrected chi connectivity index (χ1v) is 9.13. The summed E-state index contributed by atoms with van der Waals surface area (Å²) in [6.07, 6.45) is 10.2. The summed E-state index contributed by atoms with van der Waals surface area (Å²) in [6, 6.07) is 0. The van der Waals surface area contributed by atoms with E-state index >= 15 is 0 Å². The summed E-state index contributed by atoms with van der Waals surface area (Å²) in [5.74, 6) is 4.81. The second-order valence-corrected chi connectivity index (χ2v) is 8.34. The van der Waals surface area contributed by atoms with Crippen LogP contribution in [0, 0.1) is 41.4 Å². The van der Waals surface area contributed by atoms with Crippen molar-refractivity contribution in [3.63, 3.8) is 0 Å². The van der Waals surface area contributed by atoms with Crippen LogP contribution in [-0.4, -0.2) is 24.2 Å². The SMILES string of the molecule is O=C(NCC1CCCC1CO)C1C2CC3CC(C2)CC1C3. The maximum atomic E-state index is 12.7. The Morgan fingerprint density at radius 3 is 2.19 bits per heavy atom. The average Bonchev–Trinajstić information content (AvgIpc) is 2.91. The fourth-order valence-electron chi connectivity index (χ4n) is 6.33. The summed E-state index contributed by atoms with van der Waals surface area (Å²) in [5, 5.41) is 12.7. The molecule has 0 spiro atoms. The minimum absolute atomic E-state index is 0.290. The minimum atomic E-state index is 0.290. The van der Waals surface area contributed by atoms with Crippen LogP contribution in [0.5, 0.6) is 0 Å². The van der Waals surface area contributed by atoms with Gasteiger partial charge >= 0.3 is 0 Å². The summed E-state index contributed by atoms with van der Waals surface area (Å²) in [4.78, 5) is 12.7. The zero-order valence-corrected chi connectivity index (χ0v) is 13.0. The van der Waals surface area contributed by atoms with E-state index in [4.69, 9.17) is 0 Å². The minimum Gasteiger partial charge on any atom is -0.396 e. The third-order valence-electron chi connectivity index (χ3n) is 7.12. The molecule has 0 heterocycles. The Balaban J connectivity index is 1.35. The van der Waals surface area contributed by atoms with E-state index in [1.807, 2.05) is 0 Å². The van der Waals surface area contributed by atoms with Gasteiger partial charge in [0.15, 0.2) is 0 Å². The average molecular weight is 291 g/mol. The van der Waals surface area contributed by atoms with Crippen molar-refractivity contribution < 1.29 is 9.90 Å². The summed E-state index contributed by atoms with van der Waals surface area (Å²) in [6.45, 7) is 1.09. The van der Waals surface area contributed by atoms with Crippen LogP contribution >= 0.6 is 0 Å². The van der Waals surface area contributed by atoms with Gasteiger partial charge in [-0.15, -0.1) is 0 Å². The Kier molecular flexibility index (Phi) is 3.72. The third-order valence-corrected chi connectivity index (χ3v) is 7.12. The van der Waals surface area contributed by atoms with Gasteiger partial charge in [-0.2, -0.15) is 0 Å². The van der Waals surface area contributed by atoms with E-state index in [1.165, 1.54) is 44.9 Å². The topological polar surface area (TPSA) is 49.3 Å². The van der Waals surface area contributed by atoms with Gasteiger partial charge in [0.2, 0.25) is 5.91 Å². The fraction of sp³-hybridized carbons (Fsp3) is 0.944. The van der Waals surface area contributed by atoms with Crippen LogP contribution in [0.2, 0.25) is 0 Å². The molecule has 2 N–H and O–H groups in total. The van der Waals surface area contributed by atoms with E-state index in [-0.39, 0.29) is 0 Å². The molecule has 2 unspecified atom stereocenters. The molecule has 4 bridgehead atoms. The van der Waals surface area contributed by atoms with Crippen LogP contribution in [0.1, 0.15) is 51.4 Å². The van der Waals surface area contributed by atoms with Crippen molar-refractivity contribution in [3.05, 3.63) is 0 Å². The van der Waals surface area contributed by atoms with Crippen molar-refractivity contribution in [2.75, 3.05) is 13.2 Å². The molecule has 5 rings (SSSR count). The van der Waals surface area contributed by atoms with Gasteiger partial charge < -0.3 is 10.4 Å². The lowest BCUT2D eigenvalue weighted by Gasteiger charge is -2.53. The Morgan fingerprint density at radius 1 is 0.952 bits per heavy atom. The molecule has 5 fully saturated rings. The molecule has 3 nitrogen and oxygen atoms in total. The zero-order chi connectivity index (χ0) is 14.4. The van der Waals surface area contributed by atoms with Crippen molar-refractivity contribution >= 4 is 5.91 Å². The number of hydrogen-bond donors (Lipinski definition) is 2. The van der Waals surface area contributed by atoms with Crippen LogP contribution in [0.4, 0.5) is 0 Å². The summed E-state index contributed by atoms with van der Waals surface area (Å²) < 4.78 is 0. The summed E-state index contributed by atoms with van der Waals surface area (Å²) in [5.41, 5.74) is 0. The number of aliphatic hydroxyl groups is 1. The molecule has 5 aliphatic carbocycles. The van der Waals surface area contributed by atoms with Crippen LogP contribution in [0.25, 0.3) is 0 Å². The maximum Gasteiger partial charge on any atom is 0.223 e. The number of nitrogens with one attached hydrogen (secondary N) is 1. The molecule has 0 saturated heterocycles. The number of aliphatic hydroxyl groups excluding tert-OH is 1. The molecule has 0 aromatic carbocycles. The highest BCUT2D eigenvalue weighted by Crippen LogP contribution is 2.56. The second kappa shape index (κ2) is 5.57. The molecule has 118 valence electrons. The molecule has 21 heavy (non-hydrogen) atoms. The molecule has 5 saturated carbocycles. The number of carbonyl (C=O) groups is 1. The van der Waals surface area contributed by atoms with Gasteiger partial charge in [0.05, 0.1) is 0 Å². The molecule has 3 heteroatoms. The number of rotatable bonds is 4. The zero-order valence-electron chi connectivity index (χ0n) is 13.0. The van der Waals surface area contributed by atoms with Gasteiger partial charge in [0, 0.05) is 19.1 Å². The molecule has 0 aliphatic heterocycles. The lowest BCUT2D eigenvalue weighted by atomic mass is 9.51. The van der Waals surface area contributed by atoms with Crippen molar-refractivity contribution in [1.29, 1.82) is 0 Å². The predicted octanol–water partition coefficient (Wildman–Crippen LogP) is 2.58. The summed E-state index contributed by atoms with van der Waals surface area (Å²) >= 11 is 0. The normalized spacial score (nSPS) is 47.8. The van der Waals surface area contributed by atoms with Crippen molar-refractivity contribution in [2.45, 2.75) is 51.4 Å². The maximum absolute atomic E-state index is 12.7. The van der Waals surface area contributed by atoms with E-state index in [0.717, 1.165) is 24.8 Å². The van der Waals surface area contributed by atoms with Crippen LogP contribution in [-0.2, 0) is 4.79 Å². The Labute approximate surface area is 127 Å². The Bertz CT molecular complexity index is 380. The van der Waals surface area contributed by atoms with E-state index in [2.05, 4.69) is 5.32 Å². The highest BCUT2D eigenvalue weighted by atomic mass is 16.3. The molecule has 1 amide bonds.